The zero-order valence-electron chi connectivity index (χ0n) is 17.7. The normalized spacial score (nSPS) is 11.9. The Morgan fingerprint density at radius 3 is 0.880 bits per heavy atom. The van der Waals surface area contributed by atoms with E-state index < -0.39 is 0 Å². The number of allylic oxidation sites excluding steroid dienone is 4. The molecule has 0 aliphatic carbocycles. The van der Waals surface area contributed by atoms with Crippen molar-refractivity contribution in [3.8, 4) is 0 Å². The van der Waals surface area contributed by atoms with Gasteiger partial charge in [-0.15, -0.1) is 0 Å². The van der Waals surface area contributed by atoms with Gasteiger partial charge >= 0.3 is 0 Å². The highest BCUT2D eigenvalue weighted by Crippen LogP contribution is 2.10. The second-order valence-corrected chi connectivity index (χ2v) is 7.69. The fourth-order valence-electron chi connectivity index (χ4n) is 3.26. The molecule has 0 radical (unpaired) electrons. The summed E-state index contributed by atoms with van der Waals surface area (Å²) in [6.45, 7) is 4.57. The van der Waals surface area contributed by atoms with Crippen LogP contribution in [0.2, 0.25) is 0 Å². The first kappa shape index (κ1) is 24.5. The second kappa shape index (κ2) is 23.5. The van der Waals surface area contributed by atoms with Crippen LogP contribution in [0.4, 0.5) is 0 Å². The van der Waals surface area contributed by atoms with Crippen molar-refractivity contribution < 1.29 is 0 Å². The molecule has 0 amide bonds. The Kier molecular flexibility index (Phi) is 23.0. The summed E-state index contributed by atoms with van der Waals surface area (Å²) in [6, 6.07) is 0. The number of hydrogen-bond acceptors (Lipinski definition) is 0. The van der Waals surface area contributed by atoms with Gasteiger partial charge in [-0.2, -0.15) is 0 Å². The van der Waals surface area contributed by atoms with E-state index in [4.69, 9.17) is 0 Å². The van der Waals surface area contributed by atoms with Crippen LogP contribution >= 0.6 is 0 Å². The Balaban J connectivity index is 3.12. The first-order valence-electron chi connectivity index (χ1n) is 11.7. The SMILES string of the molecule is CCCCCCCC/C=C/CCCCC/C=C/CCCCCCCC. The van der Waals surface area contributed by atoms with Crippen LogP contribution in [0.5, 0.6) is 0 Å². The topological polar surface area (TPSA) is 0 Å². The first-order valence-corrected chi connectivity index (χ1v) is 11.7. The highest BCUT2D eigenvalue weighted by Gasteiger charge is 1.90. The molecule has 0 aliphatic rings. The van der Waals surface area contributed by atoms with Gasteiger partial charge in [-0.25, -0.2) is 0 Å². The van der Waals surface area contributed by atoms with Crippen LogP contribution in [0.1, 0.15) is 136 Å². The molecule has 148 valence electrons. The summed E-state index contributed by atoms with van der Waals surface area (Å²) in [4.78, 5) is 0. The predicted octanol–water partition coefficient (Wildman–Crippen LogP) is 9.55. The molecule has 0 aromatic carbocycles. The molecule has 25 heavy (non-hydrogen) atoms. The van der Waals surface area contributed by atoms with Gasteiger partial charge in [0.15, 0.2) is 0 Å². The Labute approximate surface area is 160 Å². The lowest BCUT2D eigenvalue weighted by molar-refractivity contribution is 0.610. The van der Waals surface area contributed by atoms with Crippen molar-refractivity contribution in [2.45, 2.75) is 136 Å². The quantitative estimate of drug-likeness (QED) is 0.152. The molecule has 0 unspecified atom stereocenters. The van der Waals surface area contributed by atoms with Crippen molar-refractivity contribution in [2.24, 2.45) is 0 Å². The molecule has 0 heterocycles. The lowest BCUT2D eigenvalue weighted by Gasteiger charge is -1.98. The molecular weight excluding hydrogens is 300 g/mol. The van der Waals surface area contributed by atoms with Gasteiger partial charge in [0.05, 0.1) is 0 Å². The van der Waals surface area contributed by atoms with E-state index in [1.807, 2.05) is 0 Å². The molecule has 0 aromatic rings. The van der Waals surface area contributed by atoms with Gasteiger partial charge in [-0.1, -0.05) is 109 Å². The molecule has 0 N–H and O–H groups in total. The molecule has 0 nitrogen and oxygen atoms in total. The third-order valence-corrected chi connectivity index (χ3v) is 5.02. The van der Waals surface area contributed by atoms with E-state index in [0.717, 1.165) is 0 Å². The minimum Gasteiger partial charge on any atom is -0.0885 e. The first-order chi connectivity index (χ1) is 12.4. The molecule has 0 rings (SSSR count). The number of rotatable bonds is 20. The van der Waals surface area contributed by atoms with Gasteiger partial charge in [0, 0.05) is 0 Å². The monoisotopic (exact) mass is 348 g/mol. The molecule has 0 heteroatoms. The van der Waals surface area contributed by atoms with Crippen molar-refractivity contribution >= 4 is 0 Å². The summed E-state index contributed by atoms with van der Waals surface area (Å²) < 4.78 is 0. The van der Waals surface area contributed by atoms with Gasteiger partial charge in [0.1, 0.15) is 0 Å². The third kappa shape index (κ3) is 23.5. The van der Waals surface area contributed by atoms with Crippen LogP contribution in [-0.2, 0) is 0 Å². The average molecular weight is 349 g/mol. The van der Waals surface area contributed by atoms with E-state index >= 15 is 0 Å². The van der Waals surface area contributed by atoms with Gasteiger partial charge < -0.3 is 0 Å². The maximum Gasteiger partial charge on any atom is -0.0351 e. The predicted molar refractivity (Wildman–Crippen MR) is 117 cm³/mol. The molecule has 0 bridgehead atoms. The van der Waals surface area contributed by atoms with E-state index in [9.17, 15) is 0 Å². The molecular formula is C25H48. The van der Waals surface area contributed by atoms with Crippen molar-refractivity contribution in [1.82, 2.24) is 0 Å². The van der Waals surface area contributed by atoms with Crippen LogP contribution in [0, 0.1) is 0 Å². The van der Waals surface area contributed by atoms with E-state index in [1.54, 1.807) is 0 Å². The van der Waals surface area contributed by atoms with Crippen LogP contribution in [0.25, 0.3) is 0 Å². The molecule has 0 aliphatic heterocycles. The summed E-state index contributed by atoms with van der Waals surface area (Å²) in [7, 11) is 0. The van der Waals surface area contributed by atoms with Gasteiger partial charge in [0.2, 0.25) is 0 Å². The summed E-state index contributed by atoms with van der Waals surface area (Å²) >= 11 is 0. The zero-order chi connectivity index (χ0) is 18.3. The highest BCUT2D eigenvalue weighted by atomic mass is 14.0. The lowest BCUT2D eigenvalue weighted by Crippen LogP contribution is -1.79. The standard InChI is InChI=1S/C25H48/c1-3-5-7-9-11-13-15-17-19-21-23-25-24-22-20-18-16-14-12-10-8-6-4-2/h17-20H,3-16,21-25H2,1-2H3/b19-17+,20-18+. The Morgan fingerprint density at radius 2 is 0.560 bits per heavy atom. The third-order valence-electron chi connectivity index (χ3n) is 5.02. The number of hydrogen-bond donors (Lipinski definition) is 0. The van der Waals surface area contributed by atoms with Crippen LogP contribution in [-0.4, -0.2) is 0 Å². The van der Waals surface area contributed by atoms with Crippen LogP contribution < -0.4 is 0 Å². The molecule has 0 spiro atoms. The van der Waals surface area contributed by atoms with Crippen molar-refractivity contribution in [3.05, 3.63) is 24.3 Å². The smallest absolute Gasteiger partial charge is 0.0351 e. The van der Waals surface area contributed by atoms with E-state index in [2.05, 4.69) is 38.2 Å². The fourth-order valence-corrected chi connectivity index (χ4v) is 3.26. The van der Waals surface area contributed by atoms with Crippen molar-refractivity contribution in [1.29, 1.82) is 0 Å². The highest BCUT2D eigenvalue weighted by molar-refractivity contribution is 4.83. The van der Waals surface area contributed by atoms with E-state index in [1.165, 1.54) is 122 Å². The largest absolute Gasteiger partial charge is 0.0885 e. The zero-order valence-corrected chi connectivity index (χ0v) is 17.7. The molecule has 0 saturated heterocycles. The van der Waals surface area contributed by atoms with Crippen LogP contribution in [0.15, 0.2) is 24.3 Å². The summed E-state index contributed by atoms with van der Waals surface area (Å²) in [5, 5.41) is 0. The lowest BCUT2D eigenvalue weighted by atomic mass is 10.1. The maximum absolute atomic E-state index is 2.42. The Hall–Kier alpha value is -0.520. The van der Waals surface area contributed by atoms with E-state index in [-0.39, 0.29) is 0 Å². The summed E-state index contributed by atoms with van der Waals surface area (Å²) in [5.41, 5.74) is 0. The fraction of sp³-hybridized carbons (Fsp3) is 0.840. The molecule has 0 atom stereocenters. The maximum atomic E-state index is 2.42. The van der Waals surface area contributed by atoms with E-state index in [0.29, 0.717) is 0 Å². The number of unbranched alkanes of at least 4 members (excludes halogenated alkanes) is 16. The summed E-state index contributed by atoms with van der Waals surface area (Å²) in [5.74, 6) is 0. The van der Waals surface area contributed by atoms with Gasteiger partial charge in [-0.05, 0) is 51.4 Å². The molecule has 0 fully saturated rings. The van der Waals surface area contributed by atoms with Crippen molar-refractivity contribution in [3.63, 3.8) is 0 Å². The molecule has 0 saturated carbocycles. The summed E-state index contributed by atoms with van der Waals surface area (Å²) in [6.07, 6.45) is 35.9. The van der Waals surface area contributed by atoms with Gasteiger partial charge in [-0.3, -0.25) is 0 Å². The molecule has 0 aromatic heterocycles. The minimum absolute atomic E-state index is 1.29. The van der Waals surface area contributed by atoms with Crippen molar-refractivity contribution in [2.75, 3.05) is 0 Å². The average Bonchev–Trinajstić information content (AvgIpc) is 2.63. The van der Waals surface area contributed by atoms with Gasteiger partial charge in [0.25, 0.3) is 0 Å². The second-order valence-electron chi connectivity index (χ2n) is 7.69. The van der Waals surface area contributed by atoms with Crippen LogP contribution in [0.3, 0.4) is 0 Å². The Morgan fingerprint density at radius 1 is 0.320 bits per heavy atom. The Bertz CT molecular complexity index is 246. The minimum atomic E-state index is 1.29.